The monoisotopic (exact) mass is 298 g/mol. The van der Waals surface area contributed by atoms with Crippen molar-refractivity contribution in [2.24, 2.45) is 7.05 Å². The van der Waals surface area contributed by atoms with Gasteiger partial charge in [-0.05, 0) is 18.2 Å². The standard InChI is InChI=1S/C12H11ClN2O3S/c1-15-7-6-9(8-15)12(16)14-19(17,18)11-5-3-2-4-10(11)13/h2-8H,1H3,(H,14,16). The predicted molar refractivity (Wildman–Crippen MR) is 71.5 cm³/mol. The molecule has 5 nitrogen and oxygen atoms in total. The number of hydrogen-bond acceptors (Lipinski definition) is 3. The van der Waals surface area contributed by atoms with Crippen LogP contribution in [0.4, 0.5) is 0 Å². The molecule has 19 heavy (non-hydrogen) atoms. The molecule has 1 aromatic heterocycles. The van der Waals surface area contributed by atoms with Gasteiger partial charge in [0.25, 0.3) is 15.9 Å². The van der Waals surface area contributed by atoms with Gasteiger partial charge in [0, 0.05) is 19.4 Å². The Morgan fingerprint density at radius 3 is 2.53 bits per heavy atom. The molecule has 0 aliphatic carbocycles. The van der Waals surface area contributed by atoms with Crippen LogP contribution in [0.1, 0.15) is 10.4 Å². The fraction of sp³-hybridized carbons (Fsp3) is 0.0833. The van der Waals surface area contributed by atoms with E-state index in [4.69, 9.17) is 11.6 Å². The van der Waals surface area contributed by atoms with Gasteiger partial charge >= 0.3 is 0 Å². The van der Waals surface area contributed by atoms with Crippen molar-refractivity contribution in [3.63, 3.8) is 0 Å². The maximum Gasteiger partial charge on any atom is 0.266 e. The van der Waals surface area contributed by atoms with Crippen molar-refractivity contribution in [3.05, 3.63) is 53.3 Å². The van der Waals surface area contributed by atoms with Crippen molar-refractivity contribution in [3.8, 4) is 0 Å². The number of hydrogen-bond donors (Lipinski definition) is 1. The Bertz CT molecular complexity index is 722. The molecule has 0 radical (unpaired) electrons. The van der Waals surface area contributed by atoms with E-state index in [-0.39, 0.29) is 15.5 Å². The van der Waals surface area contributed by atoms with Crippen LogP contribution < -0.4 is 4.72 Å². The summed E-state index contributed by atoms with van der Waals surface area (Å²) >= 11 is 5.81. The molecule has 0 saturated heterocycles. The normalized spacial score (nSPS) is 11.3. The molecule has 100 valence electrons. The van der Waals surface area contributed by atoms with E-state index in [1.807, 2.05) is 4.72 Å². The number of amides is 1. The molecule has 1 aromatic carbocycles. The van der Waals surface area contributed by atoms with Gasteiger partial charge in [0.15, 0.2) is 0 Å². The third kappa shape index (κ3) is 2.97. The first-order chi connectivity index (χ1) is 8.90. The Morgan fingerprint density at radius 2 is 1.95 bits per heavy atom. The number of sulfonamides is 1. The number of halogens is 1. The smallest absolute Gasteiger partial charge is 0.266 e. The number of benzene rings is 1. The third-order valence-corrected chi connectivity index (χ3v) is 4.28. The molecule has 2 aromatic rings. The highest BCUT2D eigenvalue weighted by atomic mass is 35.5. The molecule has 0 aliphatic heterocycles. The van der Waals surface area contributed by atoms with Crippen LogP contribution in [0.15, 0.2) is 47.6 Å². The number of carbonyl (C=O) groups is 1. The lowest BCUT2D eigenvalue weighted by Gasteiger charge is -2.07. The average molecular weight is 299 g/mol. The molecule has 0 aliphatic rings. The first-order valence-corrected chi connectivity index (χ1v) is 7.20. The fourth-order valence-corrected chi connectivity index (χ4v) is 3.03. The third-order valence-electron chi connectivity index (χ3n) is 2.45. The van der Waals surface area contributed by atoms with Gasteiger partial charge < -0.3 is 4.57 Å². The van der Waals surface area contributed by atoms with E-state index in [1.54, 1.807) is 23.9 Å². The zero-order valence-electron chi connectivity index (χ0n) is 10.00. The van der Waals surface area contributed by atoms with Crippen LogP contribution in [0.3, 0.4) is 0 Å². The van der Waals surface area contributed by atoms with Crippen molar-refractivity contribution in [2.75, 3.05) is 0 Å². The van der Waals surface area contributed by atoms with E-state index in [0.717, 1.165) is 0 Å². The van der Waals surface area contributed by atoms with Crippen LogP contribution in [0, 0.1) is 0 Å². The first kappa shape index (κ1) is 13.6. The highest BCUT2D eigenvalue weighted by Gasteiger charge is 2.21. The Morgan fingerprint density at radius 1 is 1.26 bits per heavy atom. The first-order valence-electron chi connectivity index (χ1n) is 5.34. The lowest BCUT2D eigenvalue weighted by atomic mass is 10.3. The Kier molecular flexibility index (Phi) is 3.64. The Hall–Kier alpha value is -1.79. The van der Waals surface area contributed by atoms with E-state index >= 15 is 0 Å². The molecular weight excluding hydrogens is 288 g/mol. The second-order valence-corrected chi connectivity index (χ2v) is 5.99. The Balaban J connectivity index is 2.28. The molecule has 0 fully saturated rings. The molecule has 0 bridgehead atoms. The minimum Gasteiger partial charge on any atom is -0.356 e. The molecular formula is C12H11ClN2O3S. The summed E-state index contributed by atoms with van der Waals surface area (Å²) in [4.78, 5) is 11.7. The van der Waals surface area contributed by atoms with Gasteiger partial charge in [-0.1, -0.05) is 23.7 Å². The number of aromatic nitrogens is 1. The summed E-state index contributed by atoms with van der Waals surface area (Å²) in [5.41, 5.74) is 0.262. The summed E-state index contributed by atoms with van der Waals surface area (Å²) in [6.45, 7) is 0. The molecule has 0 atom stereocenters. The number of carbonyl (C=O) groups excluding carboxylic acids is 1. The number of rotatable bonds is 3. The topological polar surface area (TPSA) is 68.2 Å². The van der Waals surface area contributed by atoms with Crippen molar-refractivity contribution < 1.29 is 13.2 Å². The molecule has 0 unspecified atom stereocenters. The van der Waals surface area contributed by atoms with E-state index in [9.17, 15) is 13.2 Å². The van der Waals surface area contributed by atoms with Gasteiger partial charge in [0.1, 0.15) is 4.90 Å². The largest absolute Gasteiger partial charge is 0.356 e. The van der Waals surface area contributed by atoms with Crippen LogP contribution in [0.25, 0.3) is 0 Å². The van der Waals surface area contributed by atoms with E-state index in [0.29, 0.717) is 0 Å². The summed E-state index contributed by atoms with van der Waals surface area (Å²) in [7, 11) is -2.23. The molecule has 2 rings (SSSR count). The van der Waals surface area contributed by atoms with E-state index in [2.05, 4.69) is 0 Å². The van der Waals surface area contributed by atoms with E-state index < -0.39 is 15.9 Å². The maximum atomic E-state index is 12.0. The van der Waals surface area contributed by atoms with Crippen LogP contribution in [-0.4, -0.2) is 18.9 Å². The van der Waals surface area contributed by atoms with Gasteiger partial charge in [0.2, 0.25) is 0 Å². The molecule has 0 spiro atoms. The van der Waals surface area contributed by atoms with Crippen molar-refractivity contribution in [2.45, 2.75) is 4.90 Å². The zero-order chi connectivity index (χ0) is 14.0. The average Bonchev–Trinajstić information content (AvgIpc) is 2.76. The van der Waals surface area contributed by atoms with Crippen LogP contribution in [0.5, 0.6) is 0 Å². The fourth-order valence-electron chi connectivity index (χ4n) is 1.54. The quantitative estimate of drug-likeness (QED) is 0.939. The van der Waals surface area contributed by atoms with Gasteiger partial charge in [-0.15, -0.1) is 0 Å². The zero-order valence-corrected chi connectivity index (χ0v) is 11.6. The number of aryl methyl sites for hydroxylation is 1. The van der Waals surface area contributed by atoms with Crippen molar-refractivity contribution in [1.29, 1.82) is 0 Å². The number of nitrogens with one attached hydrogen (secondary N) is 1. The second-order valence-electron chi connectivity index (χ2n) is 3.93. The summed E-state index contributed by atoms with van der Waals surface area (Å²) in [5, 5.41) is 0.0656. The van der Waals surface area contributed by atoms with Gasteiger partial charge in [-0.25, -0.2) is 13.1 Å². The highest BCUT2D eigenvalue weighted by molar-refractivity contribution is 7.90. The summed E-state index contributed by atoms with van der Waals surface area (Å²) < 4.78 is 27.7. The van der Waals surface area contributed by atoms with Crippen LogP contribution >= 0.6 is 11.6 Å². The highest BCUT2D eigenvalue weighted by Crippen LogP contribution is 2.20. The predicted octanol–water partition coefficient (Wildman–Crippen LogP) is 1.80. The lowest BCUT2D eigenvalue weighted by molar-refractivity contribution is 0.0981. The van der Waals surface area contributed by atoms with Gasteiger partial charge in [0.05, 0.1) is 10.6 Å². The van der Waals surface area contributed by atoms with Crippen molar-refractivity contribution in [1.82, 2.24) is 9.29 Å². The maximum absolute atomic E-state index is 12.0. The van der Waals surface area contributed by atoms with Crippen LogP contribution in [0.2, 0.25) is 5.02 Å². The minimum absolute atomic E-state index is 0.0656. The molecule has 1 heterocycles. The molecule has 1 N–H and O–H groups in total. The van der Waals surface area contributed by atoms with E-state index in [1.165, 1.54) is 30.5 Å². The van der Waals surface area contributed by atoms with Gasteiger partial charge in [-0.3, -0.25) is 4.79 Å². The summed E-state index contributed by atoms with van der Waals surface area (Å²) in [5.74, 6) is -0.694. The molecule has 7 heteroatoms. The molecule has 0 saturated carbocycles. The molecule has 1 amide bonds. The summed E-state index contributed by atoms with van der Waals surface area (Å²) in [6, 6.07) is 7.46. The lowest BCUT2D eigenvalue weighted by Crippen LogP contribution is -2.30. The Labute approximate surface area is 115 Å². The number of nitrogens with zero attached hydrogens (tertiary/aromatic N) is 1. The second kappa shape index (κ2) is 5.07. The SMILES string of the molecule is Cn1ccc(C(=O)NS(=O)(=O)c2ccccc2Cl)c1. The minimum atomic E-state index is -3.97. The van der Waals surface area contributed by atoms with Crippen LogP contribution in [-0.2, 0) is 17.1 Å². The van der Waals surface area contributed by atoms with Crippen molar-refractivity contribution >= 4 is 27.5 Å². The van der Waals surface area contributed by atoms with Gasteiger partial charge in [-0.2, -0.15) is 0 Å². The summed E-state index contributed by atoms with van der Waals surface area (Å²) in [6.07, 6.45) is 3.18.